The zero-order valence-corrected chi connectivity index (χ0v) is 25.3. The molecule has 0 fully saturated rings. The van der Waals surface area contributed by atoms with E-state index in [-0.39, 0.29) is 25.5 Å². The van der Waals surface area contributed by atoms with E-state index in [1.807, 2.05) is 17.6 Å². The van der Waals surface area contributed by atoms with Crippen molar-refractivity contribution in [2.45, 2.75) is 19.3 Å². The molecule has 5 aromatic carbocycles. The van der Waals surface area contributed by atoms with E-state index in [1.165, 1.54) is 60.9 Å². The Morgan fingerprint density at radius 1 is 0.725 bits per heavy atom. The molecule has 4 heteroatoms. The fourth-order valence-electron chi connectivity index (χ4n) is 6.37. The first kappa shape index (κ1) is 25.2. The second-order valence-corrected chi connectivity index (χ2v) is 11.7. The van der Waals surface area contributed by atoms with Crippen molar-refractivity contribution in [3.63, 3.8) is 0 Å². The number of aromatic nitrogens is 2. The van der Waals surface area contributed by atoms with Crippen LogP contribution in [0.15, 0.2) is 115 Å². The second kappa shape index (κ2) is 9.38. The Labute approximate surface area is 251 Å². The first-order valence-electron chi connectivity index (χ1n) is 13.3. The summed E-state index contributed by atoms with van der Waals surface area (Å²) in [6.07, 6.45) is 1.85. The summed E-state index contributed by atoms with van der Waals surface area (Å²) in [5, 5.41) is 5.55. The van der Waals surface area contributed by atoms with Crippen molar-refractivity contribution in [3.8, 4) is 38.5 Å². The third kappa shape index (κ3) is 3.68. The molecule has 0 spiro atoms. The molecule has 0 saturated heterocycles. The van der Waals surface area contributed by atoms with E-state index in [0.29, 0.717) is 0 Å². The van der Waals surface area contributed by atoms with Crippen molar-refractivity contribution in [1.29, 1.82) is 0 Å². The maximum Gasteiger partial charge on any atom is 0.0544 e. The molecule has 0 bridgehead atoms. The molecule has 2 aromatic heterocycles. The van der Waals surface area contributed by atoms with Crippen LogP contribution in [0, 0.1) is 6.07 Å². The van der Waals surface area contributed by atoms with E-state index < -0.39 is 0 Å². The molecule has 0 amide bonds. The normalized spacial score (nSPS) is 13.2. The van der Waals surface area contributed by atoms with Crippen LogP contribution >= 0.6 is 11.3 Å². The molecule has 195 valence electrons. The van der Waals surface area contributed by atoms with Crippen molar-refractivity contribution in [3.05, 3.63) is 132 Å². The number of para-hydroxylation sites is 1. The number of rotatable bonds is 3. The van der Waals surface area contributed by atoms with Gasteiger partial charge in [-0.05, 0) is 64.2 Å². The molecule has 0 saturated carbocycles. The summed E-state index contributed by atoms with van der Waals surface area (Å²) < 4.78 is 2.42. The zero-order valence-electron chi connectivity index (χ0n) is 22.1. The van der Waals surface area contributed by atoms with Crippen LogP contribution in [0.5, 0.6) is 0 Å². The molecule has 7 aromatic rings. The van der Waals surface area contributed by atoms with Crippen LogP contribution in [-0.4, -0.2) is 9.55 Å². The molecule has 1 aliphatic rings. The molecule has 1 aliphatic carbocycles. The van der Waals surface area contributed by atoms with Gasteiger partial charge in [0.05, 0.1) is 11.0 Å². The van der Waals surface area contributed by atoms with Crippen LogP contribution in [0.2, 0.25) is 0 Å². The molecule has 40 heavy (non-hydrogen) atoms. The molecular formula is C36H25IrN2S-. The minimum absolute atomic E-state index is 0. The predicted octanol–water partition coefficient (Wildman–Crippen LogP) is 9.68. The van der Waals surface area contributed by atoms with Gasteiger partial charge in [-0.3, -0.25) is 4.98 Å². The average Bonchev–Trinajstić information content (AvgIpc) is 3.68. The summed E-state index contributed by atoms with van der Waals surface area (Å²) in [6.45, 7) is 4.70. The minimum atomic E-state index is -0.0456. The molecule has 1 radical (unpaired) electrons. The fraction of sp³-hybridized carbons (Fsp3) is 0.0833. The summed E-state index contributed by atoms with van der Waals surface area (Å²) in [5.41, 5.74) is 12.5. The third-order valence-corrected chi connectivity index (χ3v) is 9.09. The summed E-state index contributed by atoms with van der Waals surface area (Å²) >= 11 is 1.65. The Kier molecular flexibility index (Phi) is 5.90. The fourth-order valence-corrected chi connectivity index (χ4v) is 6.99. The molecule has 2 heterocycles. The molecule has 0 unspecified atom stereocenters. The van der Waals surface area contributed by atoms with Gasteiger partial charge >= 0.3 is 0 Å². The van der Waals surface area contributed by atoms with Gasteiger partial charge in [-0.15, -0.1) is 35.4 Å². The van der Waals surface area contributed by atoms with Crippen molar-refractivity contribution in [2.24, 2.45) is 0 Å². The van der Waals surface area contributed by atoms with Gasteiger partial charge in [0.2, 0.25) is 0 Å². The molecule has 8 rings (SSSR count). The maximum atomic E-state index is 4.50. The van der Waals surface area contributed by atoms with E-state index in [0.717, 1.165) is 10.6 Å². The number of nitrogens with zero attached hydrogens (tertiary/aromatic N) is 2. The van der Waals surface area contributed by atoms with Crippen molar-refractivity contribution >= 4 is 33.1 Å². The standard InChI is InChI=1S/C36H25N2S.Ir/c1-36(2)31-14-7-6-13-27(31)28-21-30-29-20-24(23-9-8-10-25(19-23)35-37-17-18-39-35)15-16-33(29)38(34(30)22-32(28)36)26-11-4-3-5-12-26;/h3-9,11-22H,1-2H3;/q-1;. The van der Waals surface area contributed by atoms with Gasteiger partial charge in [-0.1, -0.05) is 62.4 Å². The first-order valence-corrected chi connectivity index (χ1v) is 14.2. The van der Waals surface area contributed by atoms with Gasteiger partial charge in [-0.2, -0.15) is 11.3 Å². The Morgan fingerprint density at radius 3 is 2.33 bits per heavy atom. The number of benzene rings is 5. The van der Waals surface area contributed by atoms with Gasteiger partial charge in [0, 0.05) is 58.6 Å². The SMILES string of the molecule is CC1(C)c2ccccc2-c2cc3c4cc(-c5cc[c-]c(-c6nccs6)c5)ccc4n(-c4ccccc4)c3cc21.[Ir]. The van der Waals surface area contributed by atoms with Crippen LogP contribution in [0.3, 0.4) is 0 Å². The first-order chi connectivity index (χ1) is 19.1. The van der Waals surface area contributed by atoms with Crippen LogP contribution in [0.25, 0.3) is 60.3 Å². The molecule has 0 atom stereocenters. The topological polar surface area (TPSA) is 17.8 Å². The average molecular weight is 710 g/mol. The molecule has 0 aliphatic heterocycles. The van der Waals surface area contributed by atoms with Crippen molar-refractivity contribution in [2.75, 3.05) is 0 Å². The van der Waals surface area contributed by atoms with E-state index in [1.54, 1.807) is 11.3 Å². The van der Waals surface area contributed by atoms with E-state index in [2.05, 4.69) is 127 Å². The number of thiazole rings is 1. The van der Waals surface area contributed by atoms with E-state index in [9.17, 15) is 0 Å². The van der Waals surface area contributed by atoms with Crippen molar-refractivity contribution < 1.29 is 20.1 Å². The second-order valence-electron chi connectivity index (χ2n) is 10.8. The summed E-state index contributed by atoms with van der Waals surface area (Å²) in [4.78, 5) is 4.50. The summed E-state index contributed by atoms with van der Waals surface area (Å²) in [6, 6.07) is 41.1. The van der Waals surface area contributed by atoms with E-state index in [4.69, 9.17) is 0 Å². The monoisotopic (exact) mass is 710 g/mol. The quantitative estimate of drug-likeness (QED) is 0.167. The number of fused-ring (bicyclic) bond motifs is 6. The smallest absolute Gasteiger partial charge is 0.0544 e. The maximum absolute atomic E-state index is 4.50. The Hall–Kier alpha value is -3.82. The van der Waals surface area contributed by atoms with Crippen LogP contribution in [0.4, 0.5) is 0 Å². The van der Waals surface area contributed by atoms with Gasteiger partial charge < -0.3 is 4.57 Å². The zero-order chi connectivity index (χ0) is 26.1. The largest absolute Gasteiger partial charge is 0.309 e. The Bertz CT molecular complexity index is 2040. The van der Waals surface area contributed by atoms with Crippen LogP contribution < -0.4 is 0 Å². The van der Waals surface area contributed by atoms with Crippen molar-refractivity contribution in [1.82, 2.24) is 9.55 Å². The van der Waals surface area contributed by atoms with Gasteiger partial charge in [-0.25, -0.2) is 0 Å². The Morgan fingerprint density at radius 2 is 1.50 bits per heavy atom. The van der Waals surface area contributed by atoms with Gasteiger partial charge in [0.25, 0.3) is 0 Å². The molecular weight excluding hydrogens is 685 g/mol. The predicted molar refractivity (Wildman–Crippen MR) is 164 cm³/mol. The molecule has 0 N–H and O–H groups in total. The summed E-state index contributed by atoms with van der Waals surface area (Å²) in [7, 11) is 0. The Balaban J connectivity index is 0.00000264. The third-order valence-electron chi connectivity index (χ3n) is 8.28. The van der Waals surface area contributed by atoms with Crippen LogP contribution in [-0.2, 0) is 25.5 Å². The van der Waals surface area contributed by atoms with Gasteiger partial charge in [0.15, 0.2) is 0 Å². The number of hydrogen-bond donors (Lipinski definition) is 0. The molecule has 2 nitrogen and oxygen atoms in total. The van der Waals surface area contributed by atoms with Gasteiger partial charge in [0.1, 0.15) is 0 Å². The summed E-state index contributed by atoms with van der Waals surface area (Å²) in [5.74, 6) is 0. The van der Waals surface area contributed by atoms with Crippen LogP contribution in [0.1, 0.15) is 25.0 Å². The number of hydrogen-bond acceptors (Lipinski definition) is 2. The minimum Gasteiger partial charge on any atom is -0.309 e. The van der Waals surface area contributed by atoms with E-state index >= 15 is 0 Å².